The molecule has 0 bridgehead atoms. The van der Waals surface area contributed by atoms with Crippen LogP contribution in [0.1, 0.15) is 45.6 Å². The molecule has 0 saturated carbocycles. The van der Waals surface area contributed by atoms with Crippen molar-refractivity contribution < 1.29 is 0 Å². The van der Waals surface area contributed by atoms with Gasteiger partial charge in [0.25, 0.3) is 0 Å². The van der Waals surface area contributed by atoms with Crippen molar-refractivity contribution in [1.29, 1.82) is 0 Å². The molecule has 0 amide bonds. The summed E-state index contributed by atoms with van der Waals surface area (Å²) in [5.74, 6) is 0. The molecule has 1 aromatic heterocycles. The van der Waals surface area contributed by atoms with E-state index in [9.17, 15) is 0 Å². The molecule has 0 unspecified atom stereocenters. The van der Waals surface area contributed by atoms with Crippen molar-refractivity contribution in [3.63, 3.8) is 0 Å². The molecule has 0 aliphatic heterocycles. The first-order chi connectivity index (χ1) is 9.72. The van der Waals surface area contributed by atoms with Crippen LogP contribution in [0.4, 0.5) is 0 Å². The fourth-order valence-electron chi connectivity index (χ4n) is 2.09. The molecule has 0 fully saturated rings. The summed E-state index contributed by atoms with van der Waals surface area (Å²) in [7, 11) is 2.19. The molecule has 0 aliphatic carbocycles. The lowest BCUT2D eigenvalue weighted by molar-refractivity contribution is 0.322. The number of para-hydroxylation sites is 1. The average Bonchev–Trinajstić information content (AvgIpc) is 2.46. The van der Waals surface area contributed by atoms with Crippen LogP contribution in [0.25, 0.3) is 10.9 Å². The minimum absolute atomic E-state index is 1.00. The van der Waals surface area contributed by atoms with E-state index in [0.29, 0.717) is 0 Å². The van der Waals surface area contributed by atoms with Crippen LogP contribution in [0.5, 0.6) is 0 Å². The van der Waals surface area contributed by atoms with Gasteiger partial charge in [-0.05, 0) is 37.7 Å². The fourth-order valence-corrected chi connectivity index (χ4v) is 2.09. The molecular weight excluding hydrogens is 244 g/mol. The molecule has 0 atom stereocenters. The first-order valence-electron chi connectivity index (χ1n) is 7.74. The maximum atomic E-state index is 4.39. The van der Waals surface area contributed by atoms with E-state index in [2.05, 4.69) is 62.0 Å². The van der Waals surface area contributed by atoms with E-state index in [-0.39, 0.29) is 0 Å². The van der Waals surface area contributed by atoms with Crippen molar-refractivity contribution >= 4 is 10.9 Å². The van der Waals surface area contributed by atoms with Crippen LogP contribution in [0.15, 0.2) is 36.5 Å². The van der Waals surface area contributed by atoms with Gasteiger partial charge < -0.3 is 4.90 Å². The first kappa shape index (κ1) is 16.6. The molecule has 0 N–H and O–H groups in total. The number of pyridine rings is 1. The largest absolute Gasteiger partial charge is 0.302 e. The molecule has 2 aromatic rings. The lowest BCUT2D eigenvalue weighted by atomic mass is 10.1. The van der Waals surface area contributed by atoms with Gasteiger partial charge in [0.1, 0.15) is 0 Å². The Kier molecular flexibility index (Phi) is 7.89. The van der Waals surface area contributed by atoms with Gasteiger partial charge >= 0.3 is 0 Å². The highest BCUT2D eigenvalue weighted by atomic mass is 15.1. The topological polar surface area (TPSA) is 16.1 Å². The summed E-state index contributed by atoms with van der Waals surface area (Å²) in [5, 5.41) is 1.28. The number of hydrogen-bond acceptors (Lipinski definition) is 2. The van der Waals surface area contributed by atoms with Gasteiger partial charge in [-0.15, -0.1) is 0 Å². The molecule has 2 heteroatoms. The van der Waals surface area contributed by atoms with Gasteiger partial charge in [-0.1, -0.05) is 51.8 Å². The normalized spacial score (nSPS) is 10.4. The Bertz CT molecular complexity index is 488. The van der Waals surface area contributed by atoms with E-state index in [4.69, 9.17) is 0 Å². The molecular formula is C18H28N2. The van der Waals surface area contributed by atoms with Gasteiger partial charge in [-0.3, -0.25) is 4.98 Å². The standard InChI is InChI=1S/C15H20N2.C3H8/c1-3-4-11-17(2)12-13-9-10-16-15-8-6-5-7-14(13)15;1-3-2/h5-10H,3-4,11-12H2,1-2H3;3H2,1-2H3. The molecule has 0 aliphatic rings. The van der Waals surface area contributed by atoms with Crippen LogP contribution in [0.2, 0.25) is 0 Å². The van der Waals surface area contributed by atoms with Gasteiger partial charge in [0.15, 0.2) is 0 Å². The number of hydrogen-bond donors (Lipinski definition) is 0. The van der Waals surface area contributed by atoms with Gasteiger partial charge in [0.2, 0.25) is 0 Å². The Labute approximate surface area is 123 Å². The van der Waals surface area contributed by atoms with Crippen LogP contribution in [-0.4, -0.2) is 23.5 Å². The second-order valence-electron chi connectivity index (χ2n) is 5.29. The van der Waals surface area contributed by atoms with Crippen LogP contribution in [-0.2, 0) is 6.54 Å². The van der Waals surface area contributed by atoms with Crippen molar-refractivity contribution in [2.75, 3.05) is 13.6 Å². The monoisotopic (exact) mass is 272 g/mol. The van der Waals surface area contributed by atoms with Gasteiger partial charge in [-0.2, -0.15) is 0 Å². The number of fused-ring (bicyclic) bond motifs is 1. The summed E-state index contributed by atoms with van der Waals surface area (Å²) < 4.78 is 0. The predicted octanol–water partition coefficient (Wildman–Crippen LogP) is 4.88. The smallest absolute Gasteiger partial charge is 0.0705 e. The van der Waals surface area contributed by atoms with Crippen molar-refractivity contribution in [2.24, 2.45) is 0 Å². The summed E-state index contributed by atoms with van der Waals surface area (Å²) in [6.45, 7) is 8.64. The number of benzene rings is 1. The van der Waals surface area contributed by atoms with Crippen molar-refractivity contribution in [3.05, 3.63) is 42.1 Å². The fraction of sp³-hybridized carbons (Fsp3) is 0.500. The Morgan fingerprint density at radius 3 is 2.45 bits per heavy atom. The van der Waals surface area contributed by atoms with Gasteiger partial charge in [0.05, 0.1) is 5.52 Å². The molecule has 0 radical (unpaired) electrons. The summed E-state index contributed by atoms with van der Waals surface area (Å²) >= 11 is 0. The Morgan fingerprint density at radius 1 is 1.05 bits per heavy atom. The number of nitrogens with zero attached hydrogens (tertiary/aromatic N) is 2. The van der Waals surface area contributed by atoms with Crippen molar-refractivity contribution in [3.8, 4) is 0 Å². The maximum Gasteiger partial charge on any atom is 0.0705 e. The van der Waals surface area contributed by atoms with E-state index in [1.165, 1.54) is 30.2 Å². The average molecular weight is 272 g/mol. The zero-order valence-corrected chi connectivity index (χ0v) is 13.4. The van der Waals surface area contributed by atoms with Crippen LogP contribution >= 0.6 is 0 Å². The summed E-state index contributed by atoms with van der Waals surface area (Å²) in [6, 6.07) is 10.5. The second-order valence-corrected chi connectivity index (χ2v) is 5.29. The highest BCUT2D eigenvalue weighted by Crippen LogP contribution is 2.17. The number of aromatic nitrogens is 1. The minimum Gasteiger partial charge on any atom is -0.302 e. The Hall–Kier alpha value is -1.41. The third-order valence-electron chi connectivity index (χ3n) is 3.07. The minimum atomic E-state index is 1.00. The lowest BCUT2D eigenvalue weighted by Crippen LogP contribution is -2.19. The molecule has 2 nitrogen and oxygen atoms in total. The molecule has 1 heterocycles. The Balaban J connectivity index is 0.000000612. The van der Waals surface area contributed by atoms with Crippen LogP contribution < -0.4 is 0 Å². The van der Waals surface area contributed by atoms with Gasteiger partial charge in [-0.25, -0.2) is 0 Å². The highest BCUT2D eigenvalue weighted by molar-refractivity contribution is 5.81. The van der Waals surface area contributed by atoms with E-state index >= 15 is 0 Å². The van der Waals surface area contributed by atoms with E-state index in [1.54, 1.807) is 0 Å². The molecule has 0 saturated heterocycles. The molecule has 0 spiro atoms. The lowest BCUT2D eigenvalue weighted by Gasteiger charge is -2.17. The zero-order valence-electron chi connectivity index (χ0n) is 13.4. The molecule has 1 aromatic carbocycles. The summed E-state index contributed by atoms with van der Waals surface area (Å²) in [4.78, 5) is 6.77. The molecule has 20 heavy (non-hydrogen) atoms. The molecule has 110 valence electrons. The van der Waals surface area contributed by atoms with E-state index in [1.807, 2.05) is 12.3 Å². The van der Waals surface area contributed by atoms with E-state index in [0.717, 1.165) is 18.6 Å². The van der Waals surface area contributed by atoms with Crippen LogP contribution in [0, 0.1) is 0 Å². The number of unbranched alkanes of at least 4 members (excludes halogenated alkanes) is 1. The van der Waals surface area contributed by atoms with Crippen molar-refractivity contribution in [2.45, 2.75) is 46.6 Å². The number of rotatable bonds is 5. The Morgan fingerprint density at radius 2 is 1.75 bits per heavy atom. The highest BCUT2D eigenvalue weighted by Gasteiger charge is 2.04. The van der Waals surface area contributed by atoms with E-state index < -0.39 is 0 Å². The molecule has 2 rings (SSSR count). The first-order valence-corrected chi connectivity index (χ1v) is 7.74. The quantitative estimate of drug-likeness (QED) is 0.771. The third-order valence-corrected chi connectivity index (χ3v) is 3.07. The second kappa shape index (κ2) is 9.49. The van der Waals surface area contributed by atoms with Gasteiger partial charge in [0, 0.05) is 18.1 Å². The zero-order chi connectivity index (χ0) is 14.8. The van der Waals surface area contributed by atoms with Crippen LogP contribution in [0.3, 0.4) is 0 Å². The summed E-state index contributed by atoms with van der Waals surface area (Å²) in [6.07, 6.45) is 5.67. The maximum absolute atomic E-state index is 4.39. The SMILES string of the molecule is CCC.CCCCN(C)Cc1ccnc2ccccc12. The predicted molar refractivity (Wildman–Crippen MR) is 89.0 cm³/mol. The third kappa shape index (κ3) is 5.30. The van der Waals surface area contributed by atoms with Crippen molar-refractivity contribution in [1.82, 2.24) is 9.88 Å². The summed E-state index contributed by atoms with van der Waals surface area (Å²) in [5.41, 5.74) is 2.46.